The SMILES string of the molecule is C=C(C)[C@@H]1CC[C@]2(CO)CC[C@]3(C)[C@H](CC[C@@H]4[C@@]5(C)CCC(NC(C)=O)C(C)(CO)[C@@H]5CC[C@]43C)[C@@H]12. The van der Waals surface area contributed by atoms with Crippen LogP contribution < -0.4 is 5.32 Å². The van der Waals surface area contributed by atoms with E-state index in [1.54, 1.807) is 6.92 Å². The van der Waals surface area contributed by atoms with Crippen molar-refractivity contribution in [1.29, 1.82) is 0 Å². The first-order valence-electron chi connectivity index (χ1n) is 15.0. The molecule has 36 heavy (non-hydrogen) atoms. The summed E-state index contributed by atoms with van der Waals surface area (Å²) >= 11 is 0. The molecule has 0 aromatic heterocycles. The van der Waals surface area contributed by atoms with Crippen LogP contribution in [0, 0.1) is 56.7 Å². The third kappa shape index (κ3) is 3.28. The van der Waals surface area contributed by atoms with Crippen molar-refractivity contribution in [2.24, 2.45) is 56.7 Å². The molecule has 0 aromatic carbocycles. The minimum absolute atomic E-state index is 0.0233. The zero-order chi connectivity index (χ0) is 26.3. The second kappa shape index (κ2) is 8.57. The molecule has 0 aliphatic heterocycles. The molecule has 4 nitrogen and oxygen atoms in total. The number of hydrogen-bond donors (Lipinski definition) is 3. The number of carbonyl (C=O) groups is 1. The van der Waals surface area contributed by atoms with Crippen molar-refractivity contribution in [3.63, 3.8) is 0 Å². The molecule has 5 aliphatic rings. The fourth-order valence-corrected chi connectivity index (χ4v) is 12.1. The number of aliphatic hydroxyl groups is 2. The third-order valence-corrected chi connectivity index (χ3v) is 14.1. The average Bonchev–Trinajstić information content (AvgIpc) is 3.22. The van der Waals surface area contributed by atoms with Crippen molar-refractivity contribution in [1.82, 2.24) is 5.32 Å². The molecule has 5 rings (SSSR count). The number of hydrogen-bond acceptors (Lipinski definition) is 3. The number of allylic oxidation sites excluding steroid dienone is 1. The molecule has 5 saturated carbocycles. The van der Waals surface area contributed by atoms with Crippen LogP contribution in [0.25, 0.3) is 0 Å². The number of amides is 1. The van der Waals surface area contributed by atoms with E-state index in [1.165, 1.54) is 37.7 Å². The fourth-order valence-electron chi connectivity index (χ4n) is 12.1. The second-order valence-corrected chi connectivity index (χ2v) is 15.2. The average molecular weight is 500 g/mol. The summed E-state index contributed by atoms with van der Waals surface area (Å²) in [5, 5.41) is 24.7. The highest BCUT2D eigenvalue weighted by Crippen LogP contribution is 2.77. The molecule has 0 heterocycles. The molecule has 1 amide bonds. The molecule has 204 valence electrons. The zero-order valence-electron chi connectivity index (χ0n) is 24.0. The van der Waals surface area contributed by atoms with Gasteiger partial charge in [0.25, 0.3) is 0 Å². The molecule has 3 N–H and O–H groups in total. The van der Waals surface area contributed by atoms with E-state index in [0.29, 0.717) is 36.2 Å². The molecule has 0 radical (unpaired) electrons. The second-order valence-electron chi connectivity index (χ2n) is 15.2. The van der Waals surface area contributed by atoms with Crippen molar-refractivity contribution >= 4 is 5.91 Å². The van der Waals surface area contributed by atoms with Crippen molar-refractivity contribution in [3.8, 4) is 0 Å². The predicted octanol–water partition coefficient (Wildman–Crippen LogP) is 6.11. The standard InChI is InChI=1S/C32H53NO3/c1-20(2)22-10-15-32(19-35)17-16-30(6)23(27(22)32)8-9-25-28(4)13-12-26(33-21(3)36)29(5,18-34)24(28)11-14-31(25,30)7/h22-27,34-35H,1,8-19H2,2-7H3,(H,33,36)/t22-,23+,24+,25+,26?,27+,28-,29?,30+,31+,32+/m0/s1. The quantitative estimate of drug-likeness (QED) is 0.409. The van der Waals surface area contributed by atoms with Gasteiger partial charge in [-0.15, -0.1) is 0 Å². The maximum atomic E-state index is 12.0. The molecule has 0 aromatic rings. The van der Waals surface area contributed by atoms with Gasteiger partial charge in [-0.25, -0.2) is 0 Å². The fraction of sp³-hybridized carbons (Fsp3) is 0.906. The summed E-state index contributed by atoms with van der Waals surface area (Å²) in [5.41, 5.74) is 1.88. The molecular weight excluding hydrogens is 446 g/mol. The van der Waals surface area contributed by atoms with Crippen molar-refractivity contribution in [3.05, 3.63) is 12.2 Å². The van der Waals surface area contributed by atoms with Gasteiger partial charge >= 0.3 is 0 Å². The summed E-state index contributed by atoms with van der Waals surface area (Å²) in [6, 6.07) is 0.0593. The monoisotopic (exact) mass is 499 g/mol. The molecular formula is C32H53NO3. The lowest BCUT2D eigenvalue weighted by Gasteiger charge is -2.73. The smallest absolute Gasteiger partial charge is 0.217 e. The van der Waals surface area contributed by atoms with E-state index in [0.717, 1.165) is 32.1 Å². The Hall–Kier alpha value is -0.870. The molecule has 0 bridgehead atoms. The minimum Gasteiger partial charge on any atom is -0.396 e. The van der Waals surface area contributed by atoms with Crippen LogP contribution in [0.5, 0.6) is 0 Å². The van der Waals surface area contributed by atoms with Crippen LogP contribution in [-0.2, 0) is 4.79 Å². The summed E-state index contributed by atoms with van der Waals surface area (Å²) in [6.07, 6.45) is 11.7. The van der Waals surface area contributed by atoms with Crippen LogP contribution in [0.3, 0.4) is 0 Å². The van der Waals surface area contributed by atoms with Gasteiger partial charge in [0, 0.05) is 25.0 Å². The maximum absolute atomic E-state index is 12.0. The Labute approximate surface area is 220 Å². The molecule has 0 spiro atoms. The maximum Gasteiger partial charge on any atom is 0.217 e. The zero-order valence-corrected chi connectivity index (χ0v) is 24.0. The Balaban J connectivity index is 1.52. The third-order valence-electron chi connectivity index (χ3n) is 14.1. The molecule has 0 saturated heterocycles. The Kier molecular flexibility index (Phi) is 6.36. The van der Waals surface area contributed by atoms with Crippen LogP contribution >= 0.6 is 0 Å². The molecule has 2 unspecified atom stereocenters. The van der Waals surface area contributed by atoms with Crippen LogP contribution in [0.2, 0.25) is 0 Å². The van der Waals surface area contributed by atoms with Crippen LogP contribution in [0.15, 0.2) is 12.2 Å². The van der Waals surface area contributed by atoms with Crippen molar-refractivity contribution in [2.75, 3.05) is 13.2 Å². The van der Waals surface area contributed by atoms with Crippen LogP contribution in [0.4, 0.5) is 0 Å². The summed E-state index contributed by atoms with van der Waals surface area (Å²) in [4.78, 5) is 12.0. The first-order chi connectivity index (χ1) is 16.8. The summed E-state index contributed by atoms with van der Waals surface area (Å²) in [7, 11) is 0. The number of nitrogens with one attached hydrogen (secondary N) is 1. The first-order valence-corrected chi connectivity index (χ1v) is 15.0. The topological polar surface area (TPSA) is 69.6 Å². The lowest BCUT2D eigenvalue weighted by molar-refractivity contribution is -0.245. The van der Waals surface area contributed by atoms with Gasteiger partial charge in [-0.1, -0.05) is 39.8 Å². The molecule has 5 aliphatic carbocycles. The van der Waals surface area contributed by atoms with Crippen molar-refractivity contribution in [2.45, 2.75) is 112 Å². The van der Waals surface area contributed by atoms with Gasteiger partial charge in [0.15, 0.2) is 0 Å². The van der Waals surface area contributed by atoms with Gasteiger partial charge in [-0.2, -0.15) is 0 Å². The summed E-state index contributed by atoms with van der Waals surface area (Å²) in [6.45, 7) is 18.8. The Morgan fingerprint density at radius 2 is 1.56 bits per heavy atom. The number of aliphatic hydroxyl groups excluding tert-OH is 2. The Bertz CT molecular complexity index is 917. The van der Waals surface area contributed by atoms with E-state index in [1.807, 2.05) is 0 Å². The van der Waals surface area contributed by atoms with Gasteiger partial charge < -0.3 is 15.5 Å². The van der Waals surface area contributed by atoms with Crippen LogP contribution in [-0.4, -0.2) is 35.4 Å². The van der Waals surface area contributed by atoms with E-state index >= 15 is 0 Å². The predicted molar refractivity (Wildman–Crippen MR) is 145 cm³/mol. The van der Waals surface area contributed by atoms with Gasteiger partial charge in [0.2, 0.25) is 5.91 Å². The molecule has 4 heteroatoms. The van der Waals surface area contributed by atoms with Crippen LogP contribution in [0.1, 0.15) is 106 Å². The van der Waals surface area contributed by atoms with Gasteiger partial charge in [0.1, 0.15) is 0 Å². The molecule has 5 fully saturated rings. The number of carbonyl (C=O) groups excluding carboxylic acids is 1. The normalized spacial score (nSPS) is 54.0. The highest BCUT2D eigenvalue weighted by molar-refractivity contribution is 5.73. The highest BCUT2D eigenvalue weighted by atomic mass is 16.3. The van der Waals surface area contributed by atoms with E-state index < -0.39 is 0 Å². The van der Waals surface area contributed by atoms with E-state index in [-0.39, 0.29) is 45.6 Å². The summed E-state index contributed by atoms with van der Waals surface area (Å²) < 4.78 is 0. The van der Waals surface area contributed by atoms with Crippen molar-refractivity contribution < 1.29 is 15.0 Å². The largest absolute Gasteiger partial charge is 0.396 e. The number of rotatable bonds is 4. The van der Waals surface area contributed by atoms with Gasteiger partial charge in [-0.3, -0.25) is 4.79 Å². The van der Waals surface area contributed by atoms with E-state index in [2.05, 4.69) is 46.5 Å². The Morgan fingerprint density at radius 3 is 2.17 bits per heavy atom. The lowest BCUT2D eigenvalue weighted by atomic mass is 9.32. The lowest BCUT2D eigenvalue weighted by Crippen LogP contribution is -2.68. The summed E-state index contributed by atoms with van der Waals surface area (Å²) in [5.74, 6) is 2.87. The van der Waals surface area contributed by atoms with E-state index in [9.17, 15) is 15.0 Å². The highest BCUT2D eigenvalue weighted by Gasteiger charge is 2.71. The van der Waals surface area contributed by atoms with Gasteiger partial charge in [0.05, 0.1) is 6.61 Å². The minimum atomic E-state index is -0.271. The van der Waals surface area contributed by atoms with E-state index in [4.69, 9.17) is 0 Å². The number of fused-ring (bicyclic) bond motifs is 7. The Morgan fingerprint density at radius 1 is 0.833 bits per heavy atom. The molecule has 11 atom stereocenters. The first kappa shape index (κ1) is 26.7. The van der Waals surface area contributed by atoms with Gasteiger partial charge in [-0.05, 0) is 122 Å².